The van der Waals surface area contributed by atoms with Gasteiger partial charge in [0.25, 0.3) is 0 Å². The third-order valence-corrected chi connectivity index (χ3v) is 7.99. The maximum Gasteiger partial charge on any atom is 0.130 e. The molecule has 6 aliphatic rings. The average Bonchev–Trinajstić information content (AvgIpc) is 3.58. The van der Waals surface area contributed by atoms with Crippen molar-refractivity contribution < 1.29 is 37.4 Å². The van der Waals surface area contributed by atoms with Crippen LogP contribution in [0.15, 0.2) is 24.3 Å². The Bertz CT molecular complexity index is 734. The van der Waals surface area contributed by atoms with Gasteiger partial charge in [0, 0.05) is 11.1 Å². The van der Waals surface area contributed by atoms with Gasteiger partial charge in [0.15, 0.2) is 0 Å². The molecule has 0 N–H and O–H groups in total. The van der Waals surface area contributed by atoms with E-state index < -0.39 is 0 Å². The predicted octanol–water partition coefficient (Wildman–Crippen LogP) is 0.713. The normalized spacial score (nSPS) is 38.0. The summed E-state index contributed by atoms with van der Waals surface area (Å²) in [6.45, 7) is 13.7. The van der Waals surface area contributed by atoms with Crippen molar-refractivity contribution >= 4 is 0 Å². The van der Waals surface area contributed by atoms with Crippen LogP contribution in [0.3, 0.4) is 0 Å². The maximum atomic E-state index is 5.69. The van der Waals surface area contributed by atoms with Gasteiger partial charge in [-0.2, -0.15) is 0 Å². The fraction of sp³-hybridized carbons (Fsp3) is 0.769. The van der Waals surface area contributed by atoms with Gasteiger partial charge in [0.1, 0.15) is 89.0 Å². The molecular weight excluding hydrogens is 436 g/mol. The molecule has 0 bridgehead atoms. The lowest BCUT2D eigenvalue weighted by atomic mass is 10.1. The Morgan fingerprint density at radius 3 is 1.00 bits per heavy atom. The van der Waals surface area contributed by atoms with Crippen molar-refractivity contribution in [3.05, 3.63) is 35.4 Å². The van der Waals surface area contributed by atoms with Gasteiger partial charge in [-0.25, -0.2) is 0 Å². The fourth-order valence-electron chi connectivity index (χ4n) is 6.07. The molecule has 34 heavy (non-hydrogen) atoms. The molecule has 186 valence electrons. The van der Waals surface area contributed by atoms with E-state index in [9.17, 15) is 0 Å². The van der Waals surface area contributed by atoms with Crippen LogP contribution < -0.4 is 0 Å². The van der Waals surface area contributed by atoms with Gasteiger partial charge >= 0.3 is 0 Å². The smallest absolute Gasteiger partial charge is 0.130 e. The topological polar surface area (TPSA) is 75.2 Å². The first-order valence-corrected chi connectivity index (χ1v) is 13.1. The molecule has 6 heterocycles. The molecule has 6 fully saturated rings. The third kappa shape index (κ3) is 6.17. The van der Waals surface area contributed by atoms with Gasteiger partial charge in [-0.3, -0.25) is 0 Å². The minimum Gasteiger partial charge on any atom is -0.367 e. The van der Waals surface area contributed by atoms with Gasteiger partial charge in [0.05, 0.1) is 39.6 Å². The molecule has 6 saturated heterocycles. The van der Waals surface area contributed by atoms with Crippen molar-refractivity contribution in [2.24, 2.45) is 0 Å². The molecule has 0 aromatic heterocycles. The Labute approximate surface area is 201 Å². The van der Waals surface area contributed by atoms with Crippen molar-refractivity contribution in [1.82, 2.24) is 0 Å². The summed E-state index contributed by atoms with van der Waals surface area (Å²) in [6, 6.07) is 9.30. The lowest BCUT2D eigenvalue weighted by Crippen LogP contribution is -2.54. The third-order valence-electron chi connectivity index (χ3n) is 7.99. The summed E-state index contributed by atoms with van der Waals surface area (Å²) >= 11 is 0. The molecule has 1 aromatic carbocycles. The molecule has 6 unspecified atom stereocenters. The Kier molecular flexibility index (Phi) is 5.71. The molecular formula is C26H38N2O6+2. The quantitative estimate of drug-likeness (QED) is 0.260. The van der Waals surface area contributed by atoms with Crippen LogP contribution >= 0.6 is 0 Å². The van der Waals surface area contributed by atoms with Gasteiger partial charge < -0.3 is 37.4 Å². The van der Waals surface area contributed by atoms with E-state index in [4.69, 9.17) is 28.4 Å². The second kappa shape index (κ2) is 8.78. The van der Waals surface area contributed by atoms with Crippen LogP contribution in [0.2, 0.25) is 0 Å². The van der Waals surface area contributed by atoms with E-state index in [1.807, 2.05) is 0 Å². The van der Waals surface area contributed by atoms with Crippen molar-refractivity contribution in [1.29, 1.82) is 0 Å². The summed E-state index contributed by atoms with van der Waals surface area (Å²) < 4.78 is 36.1. The highest BCUT2D eigenvalue weighted by Crippen LogP contribution is 2.31. The molecule has 6 atom stereocenters. The van der Waals surface area contributed by atoms with Crippen LogP contribution in [0.4, 0.5) is 0 Å². The van der Waals surface area contributed by atoms with Crippen LogP contribution in [-0.2, 0) is 41.5 Å². The lowest BCUT2D eigenvalue weighted by molar-refractivity contribution is -0.942. The molecule has 7 rings (SSSR count). The highest BCUT2D eigenvalue weighted by atomic mass is 16.6. The molecule has 0 spiro atoms. The summed E-state index contributed by atoms with van der Waals surface area (Å²) in [5.74, 6) is 0. The molecule has 6 aliphatic heterocycles. The van der Waals surface area contributed by atoms with Crippen LogP contribution in [-0.4, -0.2) is 124 Å². The van der Waals surface area contributed by atoms with Gasteiger partial charge in [0.2, 0.25) is 0 Å². The zero-order valence-corrected chi connectivity index (χ0v) is 20.0. The summed E-state index contributed by atoms with van der Waals surface area (Å²) in [4.78, 5) is 0. The minimum atomic E-state index is 0.389. The minimum absolute atomic E-state index is 0.389. The van der Waals surface area contributed by atoms with Crippen LogP contribution in [0.1, 0.15) is 11.1 Å². The maximum absolute atomic E-state index is 5.69. The molecule has 8 nitrogen and oxygen atoms in total. The monoisotopic (exact) mass is 474 g/mol. The Hall–Kier alpha value is -1.10. The standard InChI is InChI=1S/C26H38N2O6/c1-2-19(5-27(7-21-13-29-21,8-22-14-30-22)9-23-15-31-23)4-20(3-1)6-28(10-24-16-32-24,11-25-17-33-25)12-26-18-34-26/h1-4,21-26H,5-18H2/q+2. The fourth-order valence-corrected chi connectivity index (χ4v) is 6.07. The average molecular weight is 475 g/mol. The Balaban J connectivity index is 1.11. The number of nitrogens with zero attached hydrogens (tertiary/aromatic N) is 2. The van der Waals surface area contributed by atoms with E-state index in [1.54, 1.807) is 0 Å². The van der Waals surface area contributed by atoms with Crippen molar-refractivity contribution in [2.75, 3.05) is 78.9 Å². The number of rotatable bonds is 16. The second-order valence-electron chi connectivity index (χ2n) is 11.6. The van der Waals surface area contributed by atoms with Crippen molar-refractivity contribution in [2.45, 2.75) is 49.7 Å². The molecule has 0 radical (unpaired) electrons. The largest absolute Gasteiger partial charge is 0.367 e. The first-order chi connectivity index (χ1) is 16.6. The van der Waals surface area contributed by atoms with E-state index in [0.717, 1.165) is 101 Å². The zero-order valence-electron chi connectivity index (χ0n) is 20.0. The summed E-state index contributed by atoms with van der Waals surface area (Å²) in [5, 5.41) is 0. The summed E-state index contributed by atoms with van der Waals surface area (Å²) in [7, 11) is 0. The predicted molar refractivity (Wildman–Crippen MR) is 122 cm³/mol. The van der Waals surface area contributed by atoms with Crippen molar-refractivity contribution in [3.63, 3.8) is 0 Å². The van der Waals surface area contributed by atoms with E-state index in [-0.39, 0.29) is 0 Å². The number of hydrogen-bond acceptors (Lipinski definition) is 6. The molecule has 1 aromatic rings. The first-order valence-electron chi connectivity index (χ1n) is 13.1. The number of benzene rings is 1. The van der Waals surface area contributed by atoms with E-state index in [2.05, 4.69) is 24.3 Å². The Morgan fingerprint density at radius 1 is 0.500 bits per heavy atom. The van der Waals surface area contributed by atoms with Crippen LogP contribution in [0.25, 0.3) is 0 Å². The highest BCUT2D eigenvalue weighted by Gasteiger charge is 2.47. The van der Waals surface area contributed by atoms with E-state index in [0.29, 0.717) is 36.6 Å². The van der Waals surface area contributed by atoms with Crippen molar-refractivity contribution in [3.8, 4) is 0 Å². The van der Waals surface area contributed by atoms with E-state index in [1.165, 1.54) is 11.1 Å². The van der Waals surface area contributed by atoms with Gasteiger partial charge in [-0.15, -0.1) is 0 Å². The Morgan fingerprint density at radius 2 is 0.765 bits per heavy atom. The molecule has 8 heteroatoms. The lowest BCUT2D eigenvalue weighted by Gasteiger charge is -2.39. The van der Waals surface area contributed by atoms with Crippen LogP contribution in [0.5, 0.6) is 0 Å². The molecule has 0 saturated carbocycles. The van der Waals surface area contributed by atoms with Crippen LogP contribution in [0, 0.1) is 0 Å². The van der Waals surface area contributed by atoms with E-state index >= 15 is 0 Å². The number of quaternary nitrogens is 2. The van der Waals surface area contributed by atoms with Gasteiger partial charge in [-0.05, 0) is 6.07 Å². The second-order valence-corrected chi connectivity index (χ2v) is 11.6. The number of ether oxygens (including phenoxy) is 6. The number of epoxide rings is 6. The number of hydrogen-bond donors (Lipinski definition) is 0. The first kappa shape index (κ1) is 22.1. The molecule has 0 amide bonds. The zero-order chi connectivity index (χ0) is 22.6. The molecule has 0 aliphatic carbocycles. The SMILES string of the molecule is c1cc(C[N+](CC2CO2)(CC2CO2)CC2CO2)cc(C[N+](CC2CO2)(CC2CO2)CC2CO2)c1. The summed E-state index contributed by atoms with van der Waals surface area (Å²) in [6.07, 6.45) is 2.34. The van der Waals surface area contributed by atoms with Gasteiger partial charge in [-0.1, -0.05) is 18.2 Å². The summed E-state index contributed by atoms with van der Waals surface area (Å²) in [5.41, 5.74) is 2.82. The highest BCUT2D eigenvalue weighted by molar-refractivity contribution is 5.22.